The Hall–Kier alpha value is -1.74. The Morgan fingerprint density at radius 1 is 1.67 bits per heavy atom. The highest BCUT2D eigenvalue weighted by Gasteiger charge is 2.18. The van der Waals surface area contributed by atoms with Gasteiger partial charge in [0.15, 0.2) is 0 Å². The van der Waals surface area contributed by atoms with E-state index in [1.165, 1.54) is 0 Å². The predicted octanol–water partition coefficient (Wildman–Crippen LogP) is 2.65. The van der Waals surface area contributed by atoms with E-state index in [2.05, 4.69) is 9.72 Å². The van der Waals surface area contributed by atoms with Crippen molar-refractivity contribution in [2.45, 2.75) is 19.8 Å². The normalized spacial score (nSPS) is 10.2. The third kappa shape index (κ3) is 3.37. The van der Waals surface area contributed by atoms with Crippen molar-refractivity contribution in [3.8, 4) is 6.07 Å². The topological polar surface area (TPSA) is 63.0 Å². The van der Waals surface area contributed by atoms with Gasteiger partial charge in [-0.3, -0.25) is 4.79 Å². The largest absolute Gasteiger partial charge is 0.466 e. The monoisotopic (exact) mass is 274 g/mol. The number of ether oxygens (including phenoxy) is 1. The lowest BCUT2D eigenvalue weighted by Crippen LogP contribution is -2.11. The molecule has 0 spiro atoms. The van der Waals surface area contributed by atoms with E-state index in [4.69, 9.17) is 16.9 Å². The number of rotatable bonds is 4. The molecule has 96 valence electrons. The van der Waals surface area contributed by atoms with Crippen molar-refractivity contribution in [1.82, 2.24) is 4.98 Å². The maximum Gasteiger partial charge on any atom is 0.311 e. The van der Waals surface area contributed by atoms with Crippen molar-refractivity contribution < 1.29 is 18.3 Å². The van der Waals surface area contributed by atoms with Gasteiger partial charge in [0.1, 0.15) is 11.8 Å². The Morgan fingerprint density at radius 3 is 2.83 bits per heavy atom. The Labute approximate surface area is 107 Å². The zero-order valence-electron chi connectivity index (χ0n) is 9.41. The summed E-state index contributed by atoms with van der Waals surface area (Å²) in [5.41, 5.74) is -0.758. The van der Waals surface area contributed by atoms with Crippen LogP contribution in [0.4, 0.5) is 8.78 Å². The first-order chi connectivity index (χ1) is 8.49. The third-order valence-corrected chi connectivity index (χ3v) is 2.32. The molecule has 18 heavy (non-hydrogen) atoms. The van der Waals surface area contributed by atoms with Crippen LogP contribution in [0.3, 0.4) is 0 Å². The average molecular weight is 275 g/mol. The van der Waals surface area contributed by atoms with E-state index >= 15 is 0 Å². The number of nitrogens with zero attached hydrogens (tertiary/aromatic N) is 2. The van der Waals surface area contributed by atoms with Gasteiger partial charge in [-0.1, -0.05) is 11.6 Å². The molecule has 0 aliphatic rings. The van der Waals surface area contributed by atoms with Crippen molar-refractivity contribution in [1.29, 1.82) is 5.26 Å². The van der Waals surface area contributed by atoms with Crippen molar-refractivity contribution in [2.75, 3.05) is 6.61 Å². The van der Waals surface area contributed by atoms with Crippen LogP contribution >= 0.6 is 11.6 Å². The van der Waals surface area contributed by atoms with Gasteiger partial charge in [0.05, 0.1) is 29.3 Å². The molecule has 0 saturated heterocycles. The van der Waals surface area contributed by atoms with Gasteiger partial charge in [0.2, 0.25) is 0 Å². The van der Waals surface area contributed by atoms with E-state index in [1.54, 1.807) is 13.0 Å². The highest BCUT2D eigenvalue weighted by atomic mass is 35.5. The third-order valence-electron chi connectivity index (χ3n) is 2.02. The van der Waals surface area contributed by atoms with E-state index in [9.17, 15) is 13.6 Å². The highest BCUT2D eigenvalue weighted by Crippen LogP contribution is 2.25. The molecule has 7 heteroatoms. The van der Waals surface area contributed by atoms with Crippen molar-refractivity contribution in [3.05, 3.63) is 28.0 Å². The van der Waals surface area contributed by atoms with Crippen LogP contribution in [-0.4, -0.2) is 17.6 Å². The fraction of sp³-hybridized carbons (Fsp3) is 0.364. The Bertz CT molecular complexity index is 501. The first kappa shape index (κ1) is 14.3. The maximum absolute atomic E-state index is 12.5. The first-order valence-corrected chi connectivity index (χ1v) is 5.40. The summed E-state index contributed by atoms with van der Waals surface area (Å²) in [7, 11) is 0. The molecule has 1 heterocycles. The molecule has 1 aromatic rings. The number of hydrogen-bond donors (Lipinski definition) is 0. The number of pyridine rings is 1. The molecule has 0 saturated carbocycles. The molecule has 1 rings (SSSR count). The van der Waals surface area contributed by atoms with Crippen LogP contribution in [0, 0.1) is 11.3 Å². The summed E-state index contributed by atoms with van der Waals surface area (Å²) in [6.45, 7) is 1.77. The zero-order chi connectivity index (χ0) is 13.7. The van der Waals surface area contributed by atoms with Gasteiger partial charge in [-0.15, -0.1) is 0 Å². The summed E-state index contributed by atoms with van der Waals surface area (Å²) >= 11 is 5.69. The number of alkyl halides is 2. The molecule has 0 atom stereocenters. The van der Waals surface area contributed by atoms with Crippen LogP contribution in [0.1, 0.15) is 30.3 Å². The quantitative estimate of drug-likeness (QED) is 0.792. The fourth-order valence-electron chi connectivity index (χ4n) is 1.29. The maximum atomic E-state index is 12.5. The van der Waals surface area contributed by atoms with Gasteiger partial charge in [-0.25, -0.2) is 13.8 Å². The van der Waals surface area contributed by atoms with E-state index in [1.807, 2.05) is 0 Å². The number of esters is 1. The van der Waals surface area contributed by atoms with E-state index < -0.39 is 18.1 Å². The molecular weight excluding hydrogens is 266 g/mol. The number of carbonyl (C=O) groups excluding carboxylic acids is 1. The summed E-state index contributed by atoms with van der Waals surface area (Å²) in [6.07, 6.45) is -3.19. The minimum absolute atomic E-state index is 0.0888. The van der Waals surface area contributed by atoms with E-state index in [0.717, 1.165) is 6.07 Å². The summed E-state index contributed by atoms with van der Waals surface area (Å²) in [4.78, 5) is 14.8. The van der Waals surface area contributed by atoms with Crippen LogP contribution in [0.25, 0.3) is 0 Å². The smallest absolute Gasteiger partial charge is 0.311 e. The van der Waals surface area contributed by atoms with Crippen LogP contribution in [-0.2, 0) is 16.0 Å². The fourth-order valence-corrected chi connectivity index (χ4v) is 1.55. The van der Waals surface area contributed by atoms with Gasteiger partial charge >= 0.3 is 5.97 Å². The Kier molecular flexibility index (Phi) is 4.98. The standard InChI is InChI=1S/C11H9ClF2N2O2/c1-2-18-10(17)4-8-6(5-15)7(12)3-9(16-8)11(13)14/h3,11H,2,4H2,1H3. The number of halogens is 3. The molecule has 0 aliphatic carbocycles. The number of nitriles is 1. The molecule has 0 fully saturated rings. The second-order valence-electron chi connectivity index (χ2n) is 3.24. The summed E-state index contributed by atoms with van der Waals surface area (Å²) in [5.74, 6) is -0.649. The van der Waals surface area contributed by atoms with Crippen LogP contribution < -0.4 is 0 Å². The second-order valence-corrected chi connectivity index (χ2v) is 3.65. The van der Waals surface area contributed by atoms with E-state index in [0.29, 0.717) is 0 Å². The first-order valence-electron chi connectivity index (χ1n) is 5.02. The van der Waals surface area contributed by atoms with Gasteiger partial charge in [-0.2, -0.15) is 5.26 Å². The van der Waals surface area contributed by atoms with Crippen molar-refractivity contribution >= 4 is 17.6 Å². The lowest BCUT2D eigenvalue weighted by atomic mass is 10.1. The summed E-state index contributed by atoms with van der Waals surface area (Å²) < 4.78 is 29.7. The lowest BCUT2D eigenvalue weighted by Gasteiger charge is -2.07. The van der Waals surface area contributed by atoms with Crippen molar-refractivity contribution in [2.24, 2.45) is 0 Å². The molecule has 0 aliphatic heterocycles. The summed E-state index contributed by atoms with van der Waals surface area (Å²) in [6, 6.07) is 2.65. The molecule has 0 radical (unpaired) electrons. The van der Waals surface area contributed by atoms with Crippen LogP contribution in [0.5, 0.6) is 0 Å². The lowest BCUT2D eigenvalue weighted by molar-refractivity contribution is -0.142. The van der Waals surface area contributed by atoms with E-state index in [-0.39, 0.29) is 29.3 Å². The Morgan fingerprint density at radius 2 is 2.33 bits per heavy atom. The Balaban J connectivity index is 3.15. The molecule has 0 bridgehead atoms. The molecule has 1 aromatic heterocycles. The van der Waals surface area contributed by atoms with Gasteiger partial charge in [-0.05, 0) is 13.0 Å². The minimum atomic E-state index is -2.82. The number of hydrogen-bond acceptors (Lipinski definition) is 4. The molecule has 0 aromatic carbocycles. The van der Waals surface area contributed by atoms with Gasteiger partial charge < -0.3 is 4.74 Å². The SMILES string of the molecule is CCOC(=O)Cc1nc(C(F)F)cc(Cl)c1C#N. The second kappa shape index (κ2) is 6.26. The molecule has 0 amide bonds. The predicted molar refractivity (Wildman–Crippen MR) is 59.3 cm³/mol. The average Bonchev–Trinajstić information content (AvgIpc) is 2.28. The molecule has 4 nitrogen and oxygen atoms in total. The van der Waals surface area contributed by atoms with Crippen LogP contribution in [0.15, 0.2) is 6.07 Å². The van der Waals surface area contributed by atoms with Crippen molar-refractivity contribution in [3.63, 3.8) is 0 Å². The minimum Gasteiger partial charge on any atom is -0.466 e. The number of aromatic nitrogens is 1. The molecule has 0 unspecified atom stereocenters. The van der Waals surface area contributed by atoms with Crippen LogP contribution in [0.2, 0.25) is 5.02 Å². The van der Waals surface area contributed by atoms with Gasteiger partial charge in [0.25, 0.3) is 6.43 Å². The summed E-state index contributed by atoms with van der Waals surface area (Å²) in [5, 5.41) is 8.71. The molecule has 0 N–H and O–H groups in total. The van der Waals surface area contributed by atoms with Gasteiger partial charge in [0, 0.05) is 0 Å². The molecular formula is C11H9ClF2N2O2. The zero-order valence-corrected chi connectivity index (χ0v) is 10.2. The highest BCUT2D eigenvalue weighted by molar-refractivity contribution is 6.31. The number of carbonyl (C=O) groups is 1.